The summed E-state index contributed by atoms with van der Waals surface area (Å²) in [4.78, 5) is 29.9. The van der Waals surface area contributed by atoms with Crippen molar-refractivity contribution in [3.8, 4) is 5.75 Å². The Hall–Kier alpha value is -2.76. The van der Waals surface area contributed by atoms with Gasteiger partial charge in [0, 0.05) is 18.3 Å². The molecular formula is C20H26N2O4. The summed E-state index contributed by atoms with van der Waals surface area (Å²) in [5.74, 6) is 0.105. The number of nitrogens with zero attached hydrogens (tertiary/aromatic N) is 1. The van der Waals surface area contributed by atoms with Crippen LogP contribution in [0.3, 0.4) is 0 Å². The minimum atomic E-state index is -0.435. The predicted octanol–water partition coefficient (Wildman–Crippen LogP) is 3.51. The molecule has 1 aromatic carbocycles. The van der Waals surface area contributed by atoms with E-state index in [9.17, 15) is 9.59 Å². The summed E-state index contributed by atoms with van der Waals surface area (Å²) in [5, 5.41) is 0. The topological polar surface area (TPSA) is 71.6 Å². The number of amides is 1. The molecule has 1 unspecified atom stereocenters. The van der Waals surface area contributed by atoms with Gasteiger partial charge in [0.05, 0.1) is 25.8 Å². The number of aryl methyl sites for hydroxylation is 1. The van der Waals surface area contributed by atoms with Crippen molar-refractivity contribution in [2.24, 2.45) is 0 Å². The van der Waals surface area contributed by atoms with E-state index in [2.05, 4.69) is 4.98 Å². The first-order valence-corrected chi connectivity index (χ1v) is 8.57. The highest BCUT2D eigenvalue weighted by atomic mass is 16.5. The molecule has 0 bridgehead atoms. The highest BCUT2D eigenvalue weighted by molar-refractivity contribution is 6.00. The van der Waals surface area contributed by atoms with E-state index in [0.29, 0.717) is 28.9 Å². The Labute approximate surface area is 154 Å². The average molecular weight is 358 g/mol. The van der Waals surface area contributed by atoms with Crippen LogP contribution in [0.15, 0.2) is 24.3 Å². The maximum Gasteiger partial charge on any atom is 0.339 e. The molecule has 26 heavy (non-hydrogen) atoms. The fourth-order valence-electron chi connectivity index (χ4n) is 3.09. The Balaban J connectivity index is 2.39. The monoisotopic (exact) mass is 358 g/mol. The van der Waals surface area contributed by atoms with Gasteiger partial charge in [0.25, 0.3) is 5.91 Å². The summed E-state index contributed by atoms with van der Waals surface area (Å²) in [6.45, 7) is 5.62. The fraction of sp³-hybridized carbons (Fsp3) is 0.400. The number of benzene rings is 1. The van der Waals surface area contributed by atoms with E-state index in [1.165, 1.54) is 7.11 Å². The zero-order valence-corrected chi connectivity index (χ0v) is 16.2. The number of nitrogens with one attached hydrogen (secondary N) is 1. The Morgan fingerprint density at radius 3 is 2.46 bits per heavy atom. The van der Waals surface area contributed by atoms with E-state index < -0.39 is 5.97 Å². The summed E-state index contributed by atoms with van der Waals surface area (Å²) < 4.78 is 10.3. The number of hydrogen-bond acceptors (Lipinski definition) is 4. The smallest absolute Gasteiger partial charge is 0.339 e. The van der Waals surface area contributed by atoms with Gasteiger partial charge in [0.1, 0.15) is 11.4 Å². The van der Waals surface area contributed by atoms with Crippen LogP contribution >= 0.6 is 0 Å². The molecule has 140 valence electrons. The van der Waals surface area contributed by atoms with Crippen molar-refractivity contribution in [3.63, 3.8) is 0 Å². The first-order chi connectivity index (χ1) is 12.4. The number of esters is 1. The van der Waals surface area contributed by atoms with Crippen LogP contribution in [0.5, 0.6) is 5.75 Å². The molecule has 6 heteroatoms. The quantitative estimate of drug-likeness (QED) is 0.802. The van der Waals surface area contributed by atoms with E-state index in [1.54, 1.807) is 26.0 Å². The lowest BCUT2D eigenvalue weighted by Gasteiger charge is -2.26. The van der Waals surface area contributed by atoms with Gasteiger partial charge in [0.15, 0.2) is 0 Å². The van der Waals surface area contributed by atoms with Crippen molar-refractivity contribution in [3.05, 3.63) is 52.3 Å². The standard InChI is InChI=1S/C20H26N2O4/c1-7-15-17(20(24)26-6)12(2)18(21-15)19(23)22(4)13(3)14-10-8-9-11-16(14)25-5/h8-11,13,21H,7H2,1-6H3. The lowest BCUT2D eigenvalue weighted by atomic mass is 10.0. The van der Waals surface area contributed by atoms with E-state index in [1.807, 2.05) is 38.1 Å². The van der Waals surface area contributed by atoms with Crippen molar-refractivity contribution < 1.29 is 19.1 Å². The van der Waals surface area contributed by atoms with Crippen molar-refractivity contribution in [2.75, 3.05) is 21.3 Å². The normalized spacial score (nSPS) is 11.8. The van der Waals surface area contributed by atoms with Crippen LogP contribution in [0.4, 0.5) is 0 Å². The third-order valence-corrected chi connectivity index (χ3v) is 4.77. The number of carbonyl (C=O) groups excluding carboxylic acids is 2. The number of methoxy groups -OCH3 is 2. The molecule has 1 atom stereocenters. The van der Waals surface area contributed by atoms with Crippen molar-refractivity contribution in [2.45, 2.75) is 33.2 Å². The lowest BCUT2D eigenvalue weighted by molar-refractivity contribution is 0.0599. The zero-order valence-electron chi connectivity index (χ0n) is 16.2. The second kappa shape index (κ2) is 8.08. The Bertz CT molecular complexity index is 810. The van der Waals surface area contributed by atoms with Crippen molar-refractivity contribution >= 4 is 11.9 Å². The van der Waals surface area contributed by atoms with Crippen LogP contribution in [0.2, 0.25) is 0 Å². The largest absolute Gasteiger partial charge is 0.496 e. The average Bonchev–Trinajstić information content (AvgIpc) is 3.01. The molecule has 1 heterocycles. The highest BCUT2D eigenvalue weighted by Crippen LogP contribution is 2.30. The molecule has 0 radical (unpaired) electrons. The van der Waals surface area contributed by atoms with Gasteiger partial charge in [0.2, 0.25) is 0 Å². The molecule has 0 aliphatic heterocycles. The number of ether oxygens (including phenoxy) is 2. The van der Waals surface area contributed by atoms with Crippen LogP contribution in [0, 0.1) is 6.92 Å². The fourth-order valence-corrected chi connectivity index (χ4v) is 3.09. The summed E-state index contributed by atoms with van der Waals surface area (Å²) in [7, 11) is 4.69. The maximum absolute atomic E-state index is 13.1. The van der Waals surface area contributed by atoms with Gasteiger partial charge in [-0.15, -0.1) is 0 Å². The second-order valence-corrected chi connectivity index (χ2v) is 6.16. The van der Waals surface area contributed by atoms with Gasteiger partial charge < -0.3 is 19.4 Å². The molecule has 2 rings (SSSR count). The number of aromatic amines is 1. The number of rotatable bonds is 6. The van der Waals surface area contributed by atoms with Gasteiger partial charge >= 0.3 is 5.97 Å². The first kappa shape index (κ1) is 19.6. The van der Waals surface area contributed by atoms with Crippen molar-refractivity contribution in [1.29, 1.82) is 0 Å². The van der Waals surface area contributed by atoms with Crippen LogP contribution in [0.25, 0.3) is 0 Å². The third kappa shape index (κ3) is 3.45. The van der Waals surface area contributed by atoms with Gasteiger partial charge in [-0.2, -0.15) is 0 Å². The summed E-state index contributed by atoms with van der Waals surface area (Å²) in [6, 6.07) is 7.41. The summed E-state index contributed by atoms with van der Waals surface area (Å²) >= 11 is 0. The minimum absolute atomic E-state index is 0.189. The summed E-state index contributed by atoms with van der Waals surface area (Å²) in [6.07, 6.45) is 0.602. The van der Waals surface area contributed by atoms with Crippen LogP contribution in [-0.2, 0) is 11.2 Å². The molecule has 0 spiro atoms. The third-order valence-electron chi connectivity index (χ3n) is 4.77. The highest BCUT2D eigenvalue weighted by Gasteiger charge is 2.28. The van der Waals surface area contributed by atoms with Crippen LogP contribution in [-0.4, -0.2) is 43.0 Å². The molecule has 1 amide bonds. The van der Waals surface area contributed by atoms with E-state index >= 15 is 0 Å². The van der Waals surface area contributed by atoms with E-state index in [0.717, 1.165) is 11.3 Å². The Morgan fingerprint density at radius 1 is 1.23 bits per heavy atom. The molecule has 0 saturated heterocycles. The number of para-hydroxylation sites is 1. The molecule has 0 aliphatic carbocycles. The zero-order chi connectivity index (χ0) is 19.4. The van der Waals surface area contributed by atoms with Gasteiger partial charge in [-0.1, -0.05) is 25.1 Å². The number of hydrogen-bond donors (Lipinski definition) is 1. The van der Waals surface area contributed by atoms with Crippen molar-refractivity contribution in [1.82, 2.24) is 9.88 Å². The molecule has 0 saturated carbocycles. The molecule has 0 aliphatic rings. The molecular weight excluding hydrogens is 332 g/mol. The first-order valence-electron chi connectivity index (χ1n) is 8.57. The van der Waals surface area contributed by atoms with Gasteiger partial charge in [-0.3, -0.25) is 4.79 Å². The van der Waals surface area contributed by atoms with Crippen LogP contribution in [0.1, 0.15) is 57.6 Å². The molecule has 1 N–H and O–H groups in total. The number of aromatic nitrogens is 1. The van der Waals surface area contributed by atoms with Crippen LogP contribution < -0.4 is 4.74 Å². The molecule has 6 nitrogen and oxygen atoms in total. The molecule has 2 aromatic rings. The Kier molecular flexibility index (Phi) is 6.08. The lowest BCUT2D eigenvalue weighted by Crippen LogP contribution is -2.30. The van der Waals surface area contributed by atoms with E-state index in [4.69, 9.17) is 9.47 Å². The Morgan fingerprint density at radius 2 is 1.88 bits per heavy atom. The van der Waals surface area contributed by atoms with Gasteiger partial charge in [-0.05, 0) is 31.9 Å². The van der Waals surface area contributed by atoms with Gasteiger partial charge in [-0.25, -0.2) is 4.79 Å². The number of H-pyrrole nitrogens is 1. The SMILES string of the molecule is CCc1[nH]c(C(=O)N(C)C(C)c2ccccc2OC)c(C)c1C(=O)OC. The predicted molar refractivity (Wildman–Crippen MR) is 99.7 cm³/mol. The summed E-state index contributed by atoms with van der Waals surface area (Å²) in [5.41, 5.74) is 3.08. The van der Waals surface area contributed by atoms with E-state index in [-0.39, 0.29) is 11.9 Å². The second-order valence-electron chi connectivity index (χ2n) is 6.16. The number of carbonyl (C=O) groups is 2. The molecule has 1 aromatic heterocycles. The minimum Gasteiger partial charge on any atom is -0.496 e. The maximum atomic E-state index is 13.1. The molecule has 0 fully saturated rings.